The minimum absolute atomic E-state index is 0.0611. The molecule has 3 atom stereocenters. The fraction of sp³-hybridized carbons (Fsp3) is 0.647. The molecule has 1 aromatic carbocycles. The van der Waals surface area contributed by atoms with Crippen molar-refractivity contribution in [3.05, 3.63) is 23.8 Å². The van der Waals surface area contributed by atoms with E-state index in [1.165, 1.54) is 12.8 Å². The van der Waals surface area contributed by atoms with Crippen molar-refractivity contribution in [2.24, 2.45) is 5.73 Å². The topological polar surface area (TPSA) is 47.7 Å². The standard InChI is InChI=1S/C17H24N2O2/c1-11-8-17(10-19(11)12-3-4-12)9-15(18)14-6-5-13(20-2)7-16(14)21-17/h5-7,11-12,15H,3-4,8-10,18H2,1-2H3. The maximum Gasteiger partial charge on any atom is 0.128 e. The van der Waals surface area contributed by atoms with E-state index in [-0.39, 0.29) is 11.6 Å². The van der Waals surface area contributed by atoms with Crippen LogP contribution in [0, 0.1) is 0 Å². The Balaban J connectivity index is 1.64. The van der Waals surface area contributed by atoms with E-state index in [1.54, 1.807) is 7.11 Å². The summed E-state index contributed by atoms with van der Waals surface area (Å²) >= 11 is 0. The third-order valence-electron chi connectivity index (χ3n) is 5.26. The average Bonchev–Trinajstić information content (AvgIpc) is 3.24. The van der Waals surface area contributed by atoms with Gasteiger partial charge in [-0.2, -0.15) is 0 Å². The molecule has 4 heteroatoms. The summed E-state index contributed by atoms with van der Waals surface area (Å²) in [6, 6.07) is 7.44. The molecule has 0 bridgehead atoms. The molecule has 2 heterocycles. The molecule has 4 rings (SSSR count). The van der Waals surface area contributed by atoms with Crippen LogP contribution in [0.25, 0.3) is 0 Å². The maximum atomic E-state index is 6.47. The number of fused-ring (bicyclic) bond motifs is 1. The van der Waals surface area contributed by atoms with Crippen LogP contribution in [-0.2, 0) is 0 Å². The molecule has 1 aliphatic carbocycles. The lowest BCUT2D eigenvalue weighted by molar-refractivity contribution is 0.0431. The van der Waals surface area contributed by atoms with Crippen molar-refractivity contribution >= 4 is 0 Å². The van der Waals surface area contributed by atoms with Crippen LogP contribution in [0.4, 0.5) is 0 Å². The largest absolute Gasteiger partial charge is 0.497 e. The molecule has 3 aliphatic rings. The molecule has 1 saturated heterocycles. The summed E-state index contributed by atoms with van der Waals surface area (Å²) in [7, 11) is 1.69. The molecule has 3 unspecified atom stereocenters. The number of rotatable bonds is 2. The predicted octanol–water partition coefficient (Wildman–Crippen LogP) is 2.47. The fourth-order valence-corrected chi connectivity index (χ4v) is 4.15. The van der Waals surface area contributed by atoms with Gasteiger partial charge in [0, 0.05) is 49.1 Å². The molecule has 0 aromatic heterocycles. The summed E-state index contributed by atoms with van der Waals surface area (Å²) in [5, 5.41) is 0. The van der Waals surface area contributed by atoms with E-state index in [2.05, 4.69) is 11.8 Å². The highest BCUT2D eigenvalue weighted by Crippen LogP contribution is 2.47. The third kappa shape index (κ3) is 2.21. The van der Waals surface area contributed by atoms with E-state index in [0.717, 1.165) is 42.5 Å². The van der Waals surface area contributed by atoms with E-state index >= 15 is 0 Å². The summed E-state index contributed by atoms with van der Waals surface area (Å²) in [5.74, 6) is 1.75. The number of ether oxygens (including phenoxy) is 2. The lowest BCUT2D eigenvalue weighted by Gasteiger charge is -2.39. The lowest BCUT2D eigenvalue weighted by Crippen LogP contribution is -2.45. The molecule has 21 heavy (non-hydrogen) atoms. The Morgan fingerprint density at radius 1 is 1.33 bits per heavy atom. The van der Waals surface area contributed by atoms with Gasteiger partial charge in [-0.1, -0.05) is 6.07 Å². The van der Waals surface area contributed by atoms with Crippen LogP contribution in [-0.4, -0.2) is 36.2 Å². The van der Waals surface area contributed by atoms with Gasteiger partial charge in [-0.05, 0) is 25.8 Å². The van der Waals surface area contributed by atoms with E-state index in [4.69, 9.17) is 15.2 Å². The number of hydrogen-bond acceptors (Lipinski definition) is 4. The second-order valence-corrected chi connectivity index (χ2v) is 6.96. The predicted molar refractivity (Wildman–Crippen MR) is 81.7 cm³/mol. The van der Waals surface area contributed by atoms with E-state index < -0.39 is 0 Å². The zero-order valence-corrected chi connectivity index (χ0v) is 12.8. The molecule has 1 aromatic rings. The van der Waals surface area contributed by atoms with Crippen LogP contribution in [0.5, 0.6) is 11.5 Å². The Labute approximate surface area is 126 Å². The van der Waals surface area contributed by atoms with Gasteiger partial charge in [0.05, 0.1) is 7.11 Å². The highest BCUT2D eigenvalue weighted by molar-refractivity contribution is 5.44. The van der Waals surface area contributed by atoms with Gasteiger partial charge in [-0.3, -0.25) is 4.90 Å². The molecule has 2 fully saturated rings. The van der Waals surface area contributed by atoms with Crippen LogP contribution in [0.2, 0.25) is 0 Å². The number of benzene rings is 1. The first-order valence-corrected chi connectivity index (χ1v) is 7.98. The number of nitrogens with zero attached hydrogens (tertiary/aromatic N) is 1. The van der Waals surface area contributed by atoms with Crippen LogP contribution in [0.3, 0.4) is 0 Å². The summed E-state index contributed by atoms with van der Waals surface area (Å²) in [5.41, 5.74) is 7.44. The monoisotopic (exact) mass is 288 g/mol. The van der Waals surface area contributed by atoms with Gasteiger partial charge < -0.3 is 15.2 Å². The van der Waals surface area contributed by atoms with Gasteiger partial charge in [0.2, 0.25) is 0 Å². The van der Waals surface area contributed by atoms with Crippen LogP contribution in [0.15, 0.2) is 18.2 Å². The van der Waals surface area contributed by atoms with Gasteiger partial charge in [-0.25, -0.2) is 0 Å². The number of nitrogens with two attached hydrogens (primary N) is 1. The van der Waals surface area contributed by atoms with Gasteiger partial charge in [0.1, 0.15) is 17.1 Å². The minimum atomic E-state index is -0.110. The first-order chi connectivity index (χ1) is 10.1. The number of hydrogen-bond donors (Lipinski definition) is 1. The van der Waals surface area contributed by atoms with E-state index in [0.29, 0.717) is 6.04 Å². The van der Waals surface area contributed by atoms with Crippen molar-refractivity contribution < 1.29 is 9.47 Å². The molecular formula is C17H24N2O2. The SMILES string of the molecule is COc1ccc2c(c1)OC1(CC2N)CC(C)N(C2CC2)C1. The summed E-state index contributed by atoms with van der Waals surface area (Å²) in [4.78, 5) is 2.62. The van der Waals surface area contributed by atoms with Crippen molar-refractivity contribution in [3.63, 3.8) is 0 Å². The Kier molecular flexibility index (Phi) is 2.95. The van der Waals surface area contributed by atoms with E-state index in [1.807, 2.05) is 18.2 Å². The fourth-order valence-electron chi connectivity index (χ4n) is 4.15. The van der Waals surface area contributed by atoms with Gasteiger partial charge in [0.15, 0.2) is 0 Å². The molecule has 114 valence electrons. The second kappa shape index (κ2) is 4.62. The Bertz CT molecular complexity index is 558. The van der Waals surface area contributed by atoms with Crippen molar-refractivity contribution in [1.29, 1.82) is 0 Å². The third-order valence-corrected chi connectivity index (χ3v) is 5.26. The Hall–Kier alpha value is -1.26. The van der Waals surface area contributed by atoms with Crippen LogP contribution < -0.4 is 15.2 Å². The maximum absolute atomic E-state index is 6.47. The number of methoxy groups -OCH3 is 1. The smallest absolute Gasteiger partial charge is 0.128 e. The Morgan fingerprint density at radius 3 is 2.86 bits per heavy atom. The molecule has 2 aliphatic heterocycles. The molecule has 2 N–H and O–H groups in total. The van der Waals surface area contributed by atoms with Crippen molar-refractivity contribution in [1.82, 2.24) is 4.90 Å². The highest BCUT2D eigenvalue weighted by atomic mass is 16.5. The molecule has 1 spiro atoms. The summed E-state index contributed by atoms with van der Waals surface area (Å²) in [6.45, 7) is 3.34. The molecule has 0 amide bonds. The quantitative estimate of drug-likeness (QED) is 0.908. The van der Waals surface area contributed by atoms with Crippen molar-refractivity contribution in [2.75, 3.05) is 13.7 Å². The number of likely N-dealkylation sites (tertiary alicyclic amines) is 1. The molecular weight excluding hydrogens is 264 g/mol. The molecule has 0 radical (unpaired) electrons. The Morgan fingerprint density at radius 2 is 2.14 bits per heavy atom. The van der Waals surface area contributed by atoms with Gasteiger partial charge in [0.25, 0.3) is 0 Å². The first kappa shape index (κ1) is 13.4. The van der Waals surface area contributed by atoms with Crippen LogP contribution in [0.1, 0.15) is 44.2 Å². The van der Waals surface area contributed by atoms with Crippen LogP contribution >= 0.6 is 0 Å². The van der Waals surface area contributed by atoms with Gasteiger partial charge in [-0.15, -0.1) is 0 Å². The average molecular weight is 288 g/mol. The van der Waals surface area contributed by atoms with Crippen molar-refractivity contribution in [3.8, 4) is 11.5 Å². The normalized spacial score (nSPS) is 35.6. The summed E-state index contributed by atoms with van der Waals surface area (Å²) in [6.07, 6.45) is 4.68. The zero-order chi connectivity index (χ0) is 14.6. The molecule has 4 nitrogen and oxygen atoms in total. The second-order valence-electron chi connectivity index (χ2n) is 6.96. The minimum Gasteiger partial charge on any atom is -0.497 e. The van der Waals surface area contributed by atoms with Gasteiger partial charge >= 0.3 is 0 Å². The van der Waals surface area contributed by atoms with Crippen molar-refractivity contribution in [2.45, 2.75) is 56.3 Å². The first-order valence-electron chi connectivity index (χ1n) is 7.98. The van der Waals surface area contributed by atoms with E-state index in [9.17, 15) is 0 Å². The zero-order valence-electron chi connectivity index (χ0n) is 12.8. The summed E-state index contributed by atoms with van der Waals surface area (Å²) < 4.78 is 11.8. The molecule has 1 saturated carbocycles. The highest BCUT2D eigenvalue weighted by Gasteiger charge is 2.51. The lowest BCUT2D eigenvalue weighted by atomic mass is 9.86.